The van der Waals surface area contributed by atoms with E-state index < -0.39 is 18.0 Å². The van der Waals surface area contributed by atoms with E-state index in [1.165, 1.54) is 90.4 Å². The fourth-order valence-corrected chi connectivity index (χ4v) is 3.31. The maximum atomic E-state index is 10.9. The van der Waals surface area contributed by atoms with Gasteiger partial charge in [0.05, 0.1) is 0 Å². The zero-order chi connectivity index (χ0) is 19.5. The lowest BCUT2D eigenvalue weighted by molar-refractivity contribution is -0.163. The van der Waals surface area contributed by atoms with Crippen LogP contribution >= 0.6 is 0 Å². The first-order valence-electron chi connectivity index (χ1n) is 11.0. The van der Waals surface area contributed by atoms with Crippen LogP contribution in [0.25, 0.3) is 0 Å². The van der Waals surface area contributed by atoms with Crippen molar-refractivity contribution in [1.82, 2.24) is 0 Å². The van der Waals surface area contributed by atoms with Crippen molar-refractivity contribution in [3.63, 3.8) is 0 Å². The van der Waals surface area contributed by atoms with Gasteiger partial charge in [-0.1, -0.05) is 103 Å². The van der Waals surface area contributed by atoms with E-state index in [9.17, 15) is 9.59 Å². The van der Waals surface area contributed by atoms with Crippen LogP contribution in [-0.4, -0.2) is 23.1 Å². The Hall–Kier alpha value is -1.06. The smallest absolute Gasteiger partial charge is 0.345 e. The molecule has 0 aromatic rings. The third kappa shape index (κ3) is 17.8. The molecule has 0 aromatic carbocycles. The first-order chi connectivity index (χ1) is 12.6. The van der Waals surface area contributed by atoms with E-state index in [2.05, 4.69) is 6.92 Å². The number of esters is 1. The second-order valence-corrected chi connectivity index (χ2v) is 7.53. The van der Waals surface area contributed by atoms with Crippen molar-refractivity contribution in [3.05, 3.63) is 0 Å². The minimum absolute atomic E-state index is 0.424. The summed E-state index contributed by atoms with van der Waals surface area (Å²) in [5, 5.41) is 8.97. The zero-order valence-corrected chi connectivity index (χ0v) is 17.3. The van der Waals surface area contributed by atoms with Crippen LogP contribution in [0.3, 0.4) is 0 Å². The highest BCUT2D eigenvalue weighted by molar-refractivity contribution is 5.76. The molecule has 0 heterocycles. The van der Waals surface area contributed by atoms with Crippen LogP contribution in [0.4, 0.5) is 0 Å². The third-order valence-corrected chi connectivity index (χ3v) is 4.90. The predicted molar refractivity (Wildman–Crippen MR) is 107 cm³/mol. The Labute approximate surface area is 161 Å². The van der Waals surface area contributed by atoms with Gasteiger partial charge in [-0.25, -0.2) is 4.79 Å². The molecule has 0 aliphatic carbocycles. The molecule has 4 heteroatoms. The van der Waals surface area contributed by atoms with Crippen LogP contribution in [-0.2, 0) is 14.3 Å². The van der Waals surface area contributed by atoms with Crippen molar-refractivity contribution >= 4 is 11.9 Å². The molecule has 0 bridgehead atoms. The number of carbonyl (C=O) groups excluding carboxylic acids is 1. The van der Waals surface area contributed by atoms with Gasteiger partial charge in [0.15, 0.2) is 6.10 Å². The molecule has 4 nitrogen and oxygen atoms in total. The zero-order valence-electron chi connectivity index (χ0n) is 17.3. The molecule has 0 saturated carbocycles. The van der Waals surface area contributed by atoms with Crippen LogP contribution in [0.2, 0.25) is 0 Å². The second kappa shape index (κ2) is 18.7. The van der Waals surface area contributed by atoms with E-state index in [1.54, 1.807) is 0 Å². The second-order valence-electron chi connectivity index (χ2n) is 7.53. The largest absolute Gasteiger partial charge is 0.479 e. The summed E-state index contributed by atoms with van der Waals surface area (Å²) >= 11 is 0. The van der Waals surface area contributed by atoms with E-state index in [0.717, 1.165) is 19.3 Å². The Kier molecular flexibility index (Phi) is 18.0. The molecule has 1 unspecified atom stereocenters. The highest BCUT2D eigenvalue weighted by Crippen LogP contribution is 2.14. The van der Waals surface area contributed by atoms with Crippen molar-refractivity contribution in [2.45, 2.75) is 129 Å². The highest BCUT2D eigenvalue weighted by Gasteiger charge is 2.19. The Morgan fingerprint density at radius 1 is 0.692 bits per heavy atom. The number of hydrogen-bond donors (Lipinski definition) is 1. The molecular formula is C22H42O4. The quantitative estimate of drug-likeness (QED) is 0.204. The molecule has 0 aliphatic heterocycles. The molecule has 26 heavy (non-hydrogen) atoms. The molecule has 0 rings (SSSR count). The Morgan fingerprint density at radius 3 is 1.35 bits per heavy atom. The SMILES string of the molecule is CCCCCCCCCCCCCCCCCCC(OC(C)=O)C(=O)O. The average molecular weight is 371 g/mol. The lowest BCUT2D eigenvalue weighted by Gasteiger charge is -2.11. The minimum atomic E-state index is -1.04. The van der Waals surface area contributed by atoms with Crippen molar-refractivity contribution in [2.75, 3.05) is 0 Å². The molecule has 0 fully saturated rings. The molecule has 0 amide bonds. The van der Waals surface area contributed by atoms with Gasteiger partial charge >= 0.3 is 11.9 Å². The van der Waals surface area contributed by atoms with E-state index >= 15 is 0 Å². The van der Waals surface area contributed by atoms with Gasteiger partial charge < -0.3 is 9.84 Å². The summed E-state index contributed by atoms with van der Waals surface area (Å²) in [5.41, 5.74) is 0. The number of carboxylic acids is 1. The van der Waals surface area contributed by atoms with Crippen LogP contribution in [0.1, 0.15) is 123 Å². The number of carboxylic acid groups (broad SMARTS) is 1. The Balaban J connectivity index is 3.26. The van der Waals surface area contributed by atoms with Gasteiger partial charge in [0.25, 0.3) is 0 Å². The molecule has 0 aromatic heterocycles. The summed E-state index contributed by atoms with van der Waals surface area (Å²) in [6.45, 7) is 3.52. The van der Waals surface area contributed by atoms with Crippen molar-refractivity contribution in [3.8, 4) is 0 Å². The highest BCUT2D eigenvalue weighted by atomic mass is 16.6. The molecular weight excluding hydrogens is 328 g/mol. The summed E-state index contributed by atoms with van der Waals surface area (Å²) < 4.78 is 4.80. The first-order valence-corrected chi connectivity index (χ1v) is 11.0. The van der Waals surface area contributed by atoms with Crippen LogP contribution in [0, 0.1) is 0 Å². The number of rotatable bonds is 19. The number of hydrogen-bond acceptors (Lipinski definition) is 3. The summed E-state index contributed by atoms with van der Waals surface area (Å²) in [4.78, 5) is 21.8. The van der Waals surface area contributed by atoms with Gasteiger partial charge in [-0.15, -0.1) is 0 Å². The van der Waals surface area contributed by atoms with E-state index in [1.807, 2.05) is 0 Å². The topological polar surface area (TPSA) is 63.6 Å². The summed E-state index contributed by atoms with van der Waals surface area (Å²) in [6.07, 6.45) is 20.1. The van der Waals surface area contributed by atoms with Gasteiger partial charge in [0, 0.05) is 6.92 Å². The van der Waals surface area contributed by atoms with Crippen molar-refractivity contribution in [1.29, 1.82) is 0 Å². The Bertz CT molecular complexity index is 341. The van der Waals surface area contributed by atoms with Gasteiger partial charge in [-0.3, -0.25) is 4.79 Å². The molecule has 1 atom stereocenters. The number of unbranched alkanes of at least 4 members (excludes halogenated alkanes) is 15. The standard InChI is InChI=1S/C22H42O4/c1-3-4-5-6-7-8-9-10-11-12-13-14-15-16-17-18-19-21(22(24)25)26-20(2)23/h21H,3-19H2,1-2H3,(H,24,25). The maximum absolute atomic E-state index is 10.9. The van der Waals surface area contributed by atoms with Crippen molar-refractivity contribution < 1.29 is 19.4 Å². The lowest BCUT2D eigenvalue weighted by atomic mass is 10.0. The summed E-state index contributed by atoms with van der Waals surface area (Å²) in [6, 6.07) is 0. The van der Waals surface area contributed by atoms with Gasteiger partial charge in [0.1, 0.15) is 0 Å². The van der Waals surface area contributed by atoms with Crippen molar-refractivity contribution in [2.24, 2.45) is 0 Å². The molecule has 0 spiro atoms. The molecule has 0 saturated heterocycles. The minimum Gasteiger partial charge on any atom is -0.479 e. The summed E-state index contributed by atoms with van der Waals surface area (Å²) in [5.74, 6) is -1.56. The molecule has 0 aliphatic rings. The number of carbonyl (C=O) groups is 2. The monoisotopic (exact) mass is 370 g/mol. The fraction of sp³-hybridized carbons (Fsp3) is 0.909. The number of aliphatic carboxylic acids is 1. The average Bonchev–Trinajstić information content (AvgIpc) is 2.59. The Morgan fingerprint density at radius 2 is 1.04 bits per heavy atom. The van der Waals surface area contributed by atoms with Crippen LogP contribution in [0.15, 0.2) is 0 Å². The third-order valence-electron chi connectivity index (χ3n) is 4.90. The van der Waals surface area contributed by atoms with Crippen LogP contribution in [0.5, 0.6) is 0 Å². The first kappa shape index (κ1) is 24.9. The molecule has 154 valence electrons. The number of ether oxygens (including phenoxy) is 1. The normalized spacial score (nSPS) is 12.1. The van der Waals surface area contributed by atoms with E-state index in [0.29, 0.717) is 6.42 Å². The van der Waals surface area contributed by atoms with Crippen LogP contribution < -0.4 is 0 Å². The van der Waals surface area contributed by atoms with E-state index in [-0.39, 0.29) is 0 Å². The van der Waals surface area contributed by atoms with Gasteiger partial charge in [-0.05, 0) is 12.8 Å². The summed E-state index contributed by atoms with van der Waals surface area (Å²) in [7, 11) is 0. The maximum Gasteiger partial charge on any atom is 0.345 e. The fourth-order valence-electron chi connectivity index (χ4n) is 3.31. The van der Waals surface area contributed by atoms with E-state index in [4.69, 9.17) is 9.84 Å². The van der Waals surface area contributed by atoms with Gasteiger partial charge in [-0.2, -0.15) is 0 Å². The molecule has 1 N–H and O–H groups in total. The lowest BCUT2D eigenvalue weighted by Crippen LogP contribution is -2.25. The predicted octanol–water partition coefficient (Wildman–Crippen LogP) is 6.65. The van der Waals surface area contributed by atoms with Gasteiger partial charge in [0.2, 0.25) is 0 Å². The molecule has 0 radical (unpaired) electrons.